The first kappa shape index (κ1) is 26.5. The molecule has 8 heteroatoms. The molecule has 1 aliphatic heterocycles. The van der Waals surface area contributed by atoms with Crippen LogP contribution in [0.3, 0.4) is 0 Å². The van der Waals surface area contributed by atoms with Crippen LogP contribution in [0.25, 0.3) is 10.2 Å². The highest BCUT2D eigenvalue weighted by atomic mass is 32.1. The second kappa shape index (κ2) is 9.31. The van der Waals surface area contributed by atoms with Gasteiger partial charge in [-0.1, -0.05) is 49.0 Å². The summed E-state index contributed by atoms with van der Waals surface area (Å²) in [6, 6.07) is 8.19. The molecule has 7 atom stereocenters. The fourth-order valence-corrected chi connectivity index (χ4v) is 10.2. The van der Waals surface area contributed by atoms with Gasteiger partial charge in [0.05, 0.1) is 22.9 Å². The highest BCUT2D eigenvalue weighted by Crippen LogP contribution is 2.67. The van der Waals surface area contributed by atoms with E-state index in [1.807, 2.05) is 24.3 Å². The van der Waals surface area contributed by atoms with Gasteiger partial charge in [-0.3, -0.25) is 14.5 Å². The maximum Gasteiger partial charge on any atom is 0.186 e. The number of thiazole rings is 1. The van der Waals surface area contributed by atoms with E-state index < -0.39 is 17.1 Å². The third kappa shape index (κ3) is 3.82. The Hall–Kier alpha value is -2.39. The van der Waals surface area contributed by atoms with E-state index in [2.05, 4.69) is 29.7 Å². The molecule has 4 fully saturated rings. The van der Waals surface area contributed by atoms with Crippen LogP contribution < -0.4 is 4.90 Å². The van der Waals surface area contributed by atoms with Gasteiger partial charge in [-0.05, 0) is 68.2 Å². The van der Waals surface area contributed by atoms with Crippen molar-refractivity contribution in [1.29, 1.82) is 0 Å². The number of rotatable bonds is 4. The fourth-order valence-electron chi connectivity index (χ4n) is 9.22. The van der Waals surface area contributed by atoms with Crippen LogP contribution in [0.5, 0.6) is 0 Å². The second-order valence-corrected chi connectivity index (χ2v) is 14.3. The predicted molar refractivity (Wildman–Crippen MR) is 156 cm³/mol. The van der Waals surface area contributed by atoms with Gasteiger partial charge in [0.25, 0.3) is 0 Å². The van der Waals surface area contributed by atoms with Crippen LogP contribution in [0.4, 0.5) is 5.13 Å². The summed E-state index contributed by atoms with van der Waals surface area (Å²) in [6.07, 6.45) is 8.19. The van der Waals surface area contributed by atoms with E-state index in [0.717, 1.165) is 61.7 Å². The zero-order valence-corrected chi connectivity index (χ0v) is 24.2. The van der Waals surface area contributed by atoms with Gasteiger partial charge in [-0.15, -0.1) is 0 Å². The first-order chi connectivity index (χ1) is 19.1. The van der Waals surface area contributed by atoms with Crippen molar-refractivity contribution in [3.8, 4) is 0 Å². The number of hydrogen-bond donors (Lipinski definition) is 2. The lowest BCUT2D eigenvalue weighted by Gasteiger charge is -2.59. The van der Waals surface area contributed by atoms with E-state index in [4.69, 9.17) is 4.98 Å². The minimum Gasteiger partial charge on any atom is -0.393 e. The largest absolute Gasteiger partial charge is 0.393 e. The summed E-state index contributed by atoms with van der Waals surface area (Å²) in [5.74, 6) is 0.330. The molecular weight excluding hydrogens is 522 g/mol. The highest BCUT2D eigenvalue weighted by molar-refractivity contribution is 7.22. The minimum absolute atomic E-state index is 0.00274. The topological polar surface area (TPSA) is 94.0 Å². The number of carbonyl (C=O) groups excluding carboxylic acids is 2. The summed E-state index contributed by atoms with van der Waals surface area (Å²) in [7, 11) is 0. The van der Waals surface area contributed by atoms with E-state index >= 15 is 0 Å². The molecule has 2 heterocycles. The van der Waals surface area contributed by atoms with Gasteiger partial charge in [0.15, 0.2) is 16.7 Å². The Bertz CT molecular complexity index is 1390. The number of aromatic nitrogens is 1. The Balaban J connectivity index is 1.05. The van der Waals surface area contributed by atoms with E-state index in [0.29, 0.717) is 12.8 Å². The molecule has 7 nitrogen and oxygen atoms in total. The molecule has 1 aromatic heterocycles. The predicted octanol–water partition coefficient (Wildman–Crippen LogP) is 4.00. The molecule has 2 aromatic rings. The molecule has 1 saturated heterocycles. The standard InChI is InChI=1S/C32H39N3O4S/c1-30-11-9-21(36)17-20(30)7-8-22-23-10-12-32(39,31(23,2)18-25(37)28(22)30)27(38)19-34-13-15-35(16-14-34)29-33-24-5-3-4-6-26(24)40-29/h3-6,9,11,17,22-23,25,28,37,39H,7-8,10,12-16,18-19H2,1-2H3/t22?,23?,25?,28?,30?,31?,32-/m0/s1. The lowest BCUT2D eigenvalue weighted by Crippen LogP contribution is -2.62. The third-order valence-corrected chi connectivity index (χ3v) is 12.5. The number of ketones is 2. The smallest absolute Gasteiger partial charge is 0.186 e. The molecule has 0 radical (unpaired) electrons. The average Bonchev–Trinajstić information content (AvgIpc) is 3.48. The van der Waals surface area contributed by atoms with Crippen molar-refractivity contribution in [2.75, 3.05) is 37.6 Å². The van der Waals surface area contributed by atoms with Gasteiger partial charge in [0.2, 0.25) is 0 Å². The van der Waals surface area contributed by atoms with Gasteiger partial charge in [-0.2, -0.15) is 0 Å². The number of fused-ring (bicyclic) bond motifs is 6. The second-order valence-electron chi connectivity index (χ2n) is 13.3. The van der Waals surface area contributed by atoms with Crippen molar-refractivity contribution in [3.05, 3.63) is 48.1 Å². The van der Waals surface area contributed by atoms with Crippen LogP contribution >= 0.6 is 11.3 Å². The van der Waals surface area contributed by atoms with Crippen LogP contribution in [-0.4, -0.2) is 76.1 Å². The van der Waals surface area contributed by atoms with Gasteiger partial charge >= 0.3 is 0 Å². The average molecular weight is 562 g/mol. The van der Waals surface area contributed by atoms with Crippen molar-refractivity contribution in [3.63, 3.8) is 0 Å². The number of piperazine rings is 1. The number of nitrogens with zero attached hydrogens (tertiary/aromatic N) is 3. The highest BCUT2D eigenvalue weighted by Gasteiger charge is 2.68. The lowest BCUT2D eigenvalue weighted by molar-refractivity contribution is -0.177. The maximum absolute atomic E-state index is 13.9. The van der Waals surface area contributed by atoms with Crippen LogP contribution in [0.15, 0.2) is 48.1 Å². The zero-order chi connectivity index (χ0) is 27.9. The fraction of sp³-hybridized carbons (Fsp3) is 0.594. The number of benzene rings is 1. The maximum atomic E-state index is 13.9. The van der Waals surface area contributed by atoms with E-state index in [9.17, 15) is 19.8 Å². The Labute approximate surface area is 239 Å². The van der Waals surface area contributed by atoms with E-state index in [-0.39, 0.29) is 41.3 Å². The molecule has 0 spiro atoms. The Morgan fingerprint density at radius 3 is 2.70 bits per heavy atom. The van der Waals surface area contributed by atoms with Gasteiger partial charge in [-0.25, -0.2) is 4.98 Å². The van der Waals surface area contributed by atoms with Crippen LogP contribution in [0.1, 0.15) is 46.0 Å². The van der Waals surface area contributed by atoms with Gasteiger partial charge < -0.3 is 15.1 Å². The molecule has 212 valence electrons. The molecule has 1 aromatic carbocycles. The first-order valence-electron chi connectivity index (χ1n) is 14.8. The number of Topliss-reactive ketones (excluding diaryl/α,β-unsaturated/α-hetero) is 1. The van der Waals surface area contributed by atoms with Crippen molar-refractivity contribution in [1.82, 2.24) is 9.88 Å². The number of aliphatic hydroxyl groups is 2. The molecule has 5 aliphatic rings. The normalized spacial score (nSPS) is 39.5. The summed E-state index contributed by atoms with van der Waals surface area (Å²) < 4.78 is 1.19. The third-order valence-electron chi connectivity index (χ3n) is 11.4. The Morgan fingerprint density at radius 2 is 1.93 bits per heavy atom. The number of anilines is 1. The van der Waals surface area contributed by atoms with Crippen LogP contribution in [0.2, 0.25) is 0 Å². The first-order valence-corrected chi connectivity index (χ1v) is 15.6. The molecule has 0 amide bonds. The molecule has 2 N–H and O–H groups in total. The minimum atomic E-state index is -1.43. The van der Waals surface area contributed by atoms with Gasteiger partial charge in [0.1, 0.15) is 5.60 Å². The van der Waals surface area contributed by atoms with Crippen molar-refractivity contribution >= 4 is 38.3 Å². The molecule has 40 heavy (non-hydrogen) atoms. The number of hydrogen-bond acceptors (Lipinski definition) is 8. The number of aliphatic hydroxyl groups excluding tert-OH is 1. The summed E-state index contributed by atoms with van der Waals surface area (Å²) in [5, 5.41) is 24.8. The zero-order valence-electron chi connectivity index (χ0n) is 23.4. The quantitative estimate of drug-likeness (QED) is 0.583. The molecular formula is C32H39N3O4S. The summed E-state index contributed by atoms with van der Waals surface area (Å²) in [5.41, 5.74) is -0.276. The summed E-state index contributed by atoms with van der Waals surface area (Å²) in [4.78, 5) is 35.2. The number of allylic oxidation sites excluding steroid dienone is 4. The summed E-state index contributed by atoms with van der Waals surface area (Å²) >= 11 is 1.71. The number of carbonyl (C=O) groups is 2. The Morgan fingerprint density at radius 1 is 1.15 bits per heavy atom. The molecule has 4 aliphatic carbocycles. The van der Waals surface area contributed by atoms with E-state index in [1.165, 1.54) is 4.70 Å². The number of para-hydroxylation sites is 1. The summed E-state index contributed by atoms with van der Waals surface area (Å²) in [6.45, 7) is 7.57. The molecule has 6 unspecified atom stereocenters. The van der Waals surface area contributed by atoms with Crippen molar-refractivity contribution in [2.24, 2.45) is 28.6 Å². The van der Waals surface area contributed by atoms with Crippen molar-refractivity contribution < 1.29 is 19.8 Å². The molecule has 0 bridgehead atoms. The Kier molecular flexibility index (Phi) is 6.17. The lowest BCUT2D eigenvalue weighted by atomic mass is 9.46. The van der Waals surface area contributed by atoms with E-state index in [1.54, 1.807) is 23.5 Å². The van der Waals surface area contributed by atoms with Gasteiger partial charge in [0, 0.05) is 42.9 Å². The van der Waals surface area contributed by atoms with Crippen LogP contribution in [-0.2, 0) is 9.59 Å². The monoisotopic (exact) mass is 561 g/mol. The molecule has 3 saturated carbocycles. The van der Waals surface area contributed by atoms with Crippen LogP contribution in [0, 0.1) is 28.6 Å². The molecule has 7 rings (SSSR count). The van der Waals surface area contributed by atoms with Crippen molar-refractivity contribution in [2.45, 2.75) is 57.7 Å². The SMILES string of the molecule is CC12C=CC(=O)C=C1CCC1C2C(O)CC2(C)C1CC[C@]2(O)C(=O)CN1CCN(c2nc3ccccc3s2)CC1.